The molecule has 1 heterocycles. The molecule has 0 atom stereocenters. The van der Waals surface area contributed by atoms with E-state index in [-0.39, 0.29) is 18.4 Å². The monoisotopic (exact) mass is 310 g/mol. The van der Waals surface area contributed by atoms with Crippen LogP contribution in [0.1, 0.15) is 41.8 Å². The molecule has 0 aliphatic heterocycles. The number of nitrogens with one attached hydrogen (secondary N) is 1. The van der Waals surface area contributed by atoms with Crippen molar-refractivity contribution in [1.29, 1.82) is 0 Å². The normalized spacial score (nSPS) is 14.5. The van der Waals surface area contributed by atoms with Gasteiger partial charge in [-0.2, -0.15) is 0 Å². The molecule has 1 saturated carbocycles. The fourth-order valence-electron chi connectivity index (χ4n) is 2.40. The molecule has 5 nitrogen and oxygen atoms in total. The zero-order valence-corrected chi connectivity index (χ0v) is 12.9. The van der Waals surface area contributed by atoms with E-state index < -0.39 is 0 Å². The largest absolute Gasteiger partial charge is 0.395 e. The number of carbonyl (C=O) groups is 2. The number of aliphatic hydroxyl groups is 1. The van der Waals surface area contributed by atoms with Crippen molar-refractivity contribution < 1.29 is 14.7 Å². The molecule has 1 fully saturated rings. The zero-order chi connectivity index (χ0) is 15.1. The fourth-order valence-corrected chi connectivity index (χ4v) is 3.04. The molecule has 0 spiro atoms. The summed E-state index contributed by atoms with van der Waals surface area (Å²) >= 11 is 1.41. The number of nitrogens with zero attached hydrogens (tertiary/aromatic N) is 1. The van der Waals surface area contributed by atoms with Gasteiger partial charge < -0.3 is 15.3 Å². The van der Waals surface area contributed by atoms with Gasteiger partial charge >= 0.3 is 0 Å². The first-order valence-electron chi connectivity index (χ1n) is 7.44. The van der Waals surface area contributed by atoms with Crippen LogP contribution < -0.4 is 5.32 Å². The standard InChI is InChI=1S/C15H22N2O3S/c18-10-9-17(12-4-1-5-12)14(19)7-2-8-16-15(20)13-6-3-11-21-13/h3,6,11-12,18H,1-2,4-5,7-10H2,(H,16,20). The lowest BCUT2D eigenvalue weighted by atomic mass is 9.91. The van der Waals surface area contributed by atoms with E-state index in [1.54, 1.807) is 11.0 Å². The summed E-state index contributed by atoms with van der Waals surface area (Å²) in [5.41, 5.74) is 0. The van der Waals surface area contributed by atoms with Crippen LogP contribution in [0, 0.1) is 0 Å². The number of rotatable bonds is 8. The zero-order valence-electron chi connectivity index (χ0n) is 12.1. The van der Waals surface area contributed by atoms with E-state index in [0.717, 1.165) is 19.3 Å². The van der Waals surface area contributed by atoms with Crippen LogP contribution in [0.5, 0.6) is 0 Å². The maximum Gasteiger partial charge on any atom is 0.261 e. The van der Waals surface area contributed by atoms with Gasteiger partial charge in [0.05, 0.1) is 11.5 Å². The second kappa shape index (κ2) is 8.14. The van der Waals surface area contributed by atoms with Gasteiger partial charge in [0.15, 0.2) is 0 Å². The molecule has 1 aliphatic rings. The van der Waals surface area contributed by atoms with E-state index in [1.807, 2.05) is 11.4 Å². The average Bonchev–Trinajstić information content (AvgIpc) is 2.94. The molecule has 1 aromatic heterocycles. The van der Waals surface area contributed by atoms with Crippen molar-refractivity contribution >= 4 is 23.2 Å². The van der Waals surface area contributed by atoms with Gasteiger partial charge in [-0.15, -0.1) is 11.3 Å². The smallest absolute Gasteiger partial charge is 0.261 e. The van der Waals surface area contributed by atoms with Crippen LogP contribution in [0.2, 0.25) is 0 Å². The predicted octanol–water partition coefficient (Wildman–Crippen LogP) is 1.63. The molecular formula is C15H22N2O3S. The number of carbonyl (C=O) groups excluding carboxylic acids is 2. The fraction of sp³-hybridized carbons (Fsp3) is 0.600. The molecule has 21 heavy (non-hydrogen) atoms. The van der Waals surface area contributed by atoms with Crippen LogP contribution in [0.4, 0.5) is 0 Å². The molecule has 0 saturated heterocycles. The van der Waals surface area contributed by atoms with Crippen molar-refractivity contribution in [3.8, 4) is 0 Å². The lowest BCUT2D eigenvalue weighted by molar-refractivity contribution is -0.136. The third-order valence-electron chi connectivity index (χ3n) is 3.77. The SMILES string of the molecule is O=C(NCCCC(=O)N(CCO)C1CCC1)c1cccs1. The molecule has 2 amide bonds. The van der Waals surface area contributed by atoms with Gasteiger partial charge in [0.25, 0.3) is 5.91 Å². The second-order valence-electron chi connectivity index (χ2n) is 5.23. The van der Waals surface area contributed by atoms with Gasteiger partial charge in [-0.1, -0.05) is 6.07 Å². The Morgan fingerprint density at radius 3 is 2.81 bits per heavy atom. The van der Waals surface area contributed by atoms with Crippen molar-refractivity contribution in [1.82, 2.24) is 10.2 Å². The van der Waals surface area contributed by atoms with Gasteiger partial charge in [0, 0.05) is 25.6 Å². The molecule has 0 unspecified atom stereocenters. The van der Waals surface area contributed by atoms with Crippen molar-refractivity contribution in [3.05, 3.63) is 22.4 Å². The highest BCUT2D eigenvalue weighted by Gasteiger charge is 2.27. The first kappa shape index (κ1) is 16.0. The van der Waals surface area contributed by atoms with E-state index in [0.29, 0.717) is 36.9 Å². The summed E-state index contributed by atoms with van der Waals surface area (Å²) in [6.07, 6.45) is 4.30. The topological polar surface area (TPSA) is 69.6 Å². The Hall–Kier alpha value is -1.40. The summed E-state index contributed by atoms with van der Waals surface area (Å²) < 4.78 is 0. The average molecular weight is 310 g/mol. The minimum absolute atomic E-state index is 0.0113. The Balaban J connectivity index is 1.67. The Labute approximate surface area is 129 Å². The van der Waals surface area contributed by atoms with Crippen LogP contribution in [-0.2, 0) is 4.79 Å². The van der Waals surface area contributed by atoms with Crippen LogP contribution in [-0.4, -0.2) is 47.6 Å². The van der Waals surface area contributed by atoms with Crippen LogP contribution in [0.25, 0.3) is 0 Å². The Morgan fingerprint density at radius 2 is 2.24 bits per heavy atom. The number of hydrogen-bond acceptors (Lipinski definition) is 4. The number of hydrogen-bond donors (Lipinski definition) is 2. The van der Waals surface area contributed by atoms with E-state index in [4.69, 9.17) is 5.11 Å². The summed E-state index contributed by atoms with van der Waals surface area (Å²) in [5.74, 6) is 0.00257. The molecule has 0 aromatic carbocycles. The summed E-state index contributed by atoms with van der Waals surface area (Å²) in [6, 6.07) is 3.93. The Kier molecular flexibility index (Phi) is 6.20. The van der Waals surface area contributed by atoms with E-state index in [1.165, 1.54) is 11.3 Å². The number of aliphatic hydroxyl groups excluding tert-OH is 1. The predicted molar refractivity (Wildman–Crippen MR) is 82.3 cm³/mol. The number of thiophene rings is 1. The van der Waals surface area contributed by atoms with Crippen LogP contribution >= 0.6 is 11.3 Å². The Bertz CT molecular complexity index is 457. The maximum absolute atomic E-state index is 12.1. The molecule has 1 aromatic rings. The van der Waals surface area contributed by atoms with E-state index >= 15 is 0 Å². The summed E-state index contributed by atoms with van der Waals surface area (Å²) in [7, 11) is 0. The molecule has 116 valence electrons. The molecule has 0 bridgehead atoms. The minimum atomic E-state index is -0.0799. The van der Waals surface area contributed by atoms with Gasteiger partial charge in [-0.25, -0.2) is 0 Å². The molecule has 0 radical (unpaired) electrons. The van der Waals surface area contributed by atoms with Crippen LogP contribution in [0.3, 0.4) is 0 Å². The van der Waals surface area contributed by atoms with Crippen molar-refractivity contribution in [2.45, 2.75) is 38.1 Å². The second-order valence-corrected chi connectivity index (χ2v) is 6.18. The molecule has 6 heteroatoms. The number of amides is 2. The molecule has 2 rings (SSSR count). The third-order valence-corrected chi connectivity index (χ3v) is 4.64. The van der Waals surface area contributed by atoms with Gasteiger partial charge in [-0.3, -0.25) is 9.59 Å². The van der Waals surface area contributed by atoms with Gasteiger partial charge in [0.1, 0.15) is 0 Å². The minimum Gasteiger partial charge on any atom is -0.395 e. The molecule has 1 aliphatic carbocycles. The molecule has 2 N–H and O–H groups in total. The highest BCUT2D eigenvalue weighted by Crippen LogP contribution is 2.25. The lowest BCUT2D eigenvalue weighted by Gasteiger charge is -2.37. The van der Waals surface area contributed by atoms with Crippen molar-refractivity contribution in [2.75, 3.05) is 19.7 Å². The summed E-state index contributed by atoms with van der Waals surface area (Å²) in [5, 5.41) is 13.7. The van der Waals surface area contributed by atoms with E-state index in [2.05, 4.69) is 5.32 Å². The van der Waals surface area contributed by atoms with Gasteiger partial charge in [0.2, 0.25) is 5.91 Å². The van der Waals surface area contributed by atoms with Gasteiger partial charge in [-0.05, 0) is 37.1 Å². The van der Waals surface area contributed by atoms with Crippen LogP contribution in [0.15, 0.2) is 17.5 Å². The van der Waals surface area contributed by atoms with Crippen molar-refractivity contribution in [3.63, 3.8) is 0 Å². The molecular weight excluding hydrogens is 288 g/mol. The lowest BCUT2D eigenvalue weighted by Crippen LogP contribution is -2.45. The summed E-state index contributed by atoms with van der Waals surface area (Å²) in [4.78, 5) is 26.4. The maximum atomic E-state index is 12.1. The summed E-state index contributed by atoms with van der Waals surface area (Å²) in [6.45, 7) is 0.933. The first-order valence-corrected chi connectivity index (χ1v) is 8.32. The Morgan fingerprint density at radius 1 is 1.43 bits per heavy atom. The highest BCUT2D eigenvalue weighted by atomic mass is 32.1. The first-order chi connectivity index (χ1) is 10.2. The highest BCUT2D eigenvalue weighted by molar-refractivity contribution is 7.12. The quantitative estimate of drug-likeness (QED) is 0.717. The third kappa shape index (κ3) is 4.54. The van der Waals surface area contributed by atoms with Crippen molar-refractivity contribution in [2.24, 2.45) is 0 Å². The van der Waals surface area contributed by atoms with E-state index in [9.17, 15) is 9.59 Å².